The van der Waals surface area contributed by atoms with Crippen molar-refractivity contribution >= 4 is 57.7 Å². The van der Waals surface area contributed by atoms with E-state index in [0.717, 1.165) is 14.0 Å². The van der Waals surface area contributed by atoms with Crippen molar-refractivity contribution in [3.8, 4) is 5.75 Å². The van der Waals surface area contributed by atoms with Crippen LogP contribution in [0.4, 0.5) is 10.5 Å². The van der Waals surface area contributed by atoms with Crippen molar-refractivity contribution in [2.75, 3.05) is 18.5 Å². The molecule has 2 unspecified atom stereocenters. The molecular weight excluding hydrogens is 637 g/mol. The predicted molar refractivity (Wildman–Crippen MR) is 155 cm³/mol. The van der Waals surface area contributed by atoms with Gasteiger partial charge in [-0.25, -0.2) is 9.69 Å². The number of hydrogen-bond donors (Lipinski definition) is 4. The Kier molecular flexibility index (Phi) is 9.44. The van der Waals surface area contributed by atoms with Gasteiger partial charge in [-0.1, -0.05) is 61.0 Å². The quantitative estimate of drug-likeness (QED) is 0.191. The van der Waals surface area contributed by atoms with Gasteiger partial charge in [-0.2, -0.15) is 0 Å². The zero-order valence-corrected chi connectivity index (χ0v) is 23.8. The molecule has 11 heteroatoms. The molecule has 0 aliphatic carbocycles. The van der Waals surface area contributed by atoms with Crippen LogP contribution in [0.2, 0.25) is 5.02 Å². The summed E-state index contributed by atoms with van der Waals surface area (Å²) in [5.41, 5.74) is 1.65. The molecule has 39 heavy (non-hydrogen) atoms. The molecule has 1 fully saturated rings. The Bertz CT molecular complexity index is 1340. The van der Waals surface area contributed by atoms with Gasteiger partial charge >= 0.3 is 6.03 Å². The lowest BCUT2D eigenvalue weighted by Crippen LogP contribution is -2.50. The summed E-state index contributed by atoms with van der Waals surface area (Å²) in [4.78, 5) is 41.5. The van der Waals surface area contributed by atoms with Gasteiger partial charge in [-0.15, -0.1) is 0 Å². The molecule has 0 bridgehead atoms. The van der Waals surface area contributed by atoms with E-state index in [1.807, 2.05) is 30.3 Å². The molecule has 204 valence electrons. The van der Waals surface area contributed by atoms with Crippen LogP contribution < -0.4 is 15.4 Å². The molecule has 0 saturated carbocycles. The van der Waals surface area contributed by atoms with Crippen molar-refractivity contribution in [2.24, 2.45) is 0 Å². The number of carbonyl (C=O) groups is 3. The Morgan fingerprint density at radius 1 is 1.13 bits per heavy atom. The normalized spacial score (nSPS) is 17.4. The van der Waals surface area contributed by atoms with E-state index in [9.17, 15) is 19.5 Å². The van der Waals surface area contributed by atoms with Gasteiger partial charge in [-0.05, 0) is 64.0 Å². The number of ether oxygens (including phenoxy) is 1. The third kappa shape index (κ3) is 6.70. The van der Waals surface area contributed by atoms with Gasteiger partial charge in [0.05, 0.1) is 17.3 Å². The van der Waals surface area contributed by atoms with Crippen molar-refractivity contribution in [1.29, 1.82) is 0 Å². The molecule has 4 N–H and O–H groups in total. The van der Waals surface area contributed by atoms with E-state index in [-0.39, 0.29) is 6.61 Å². The van der Waals surface area contributed by atoms with Crippen molar-refractivity contribution < 1.29 is 29.3 Å². The summed E-state index contributed by atoms with van der Waals surface area (Å²) in [5.74, 6) is -1.23. The molecule has 0 radical (unpaired) electrons. The van der Waals surface area contributed by atoms with E-state index in [0.29, 0.717) is 22.0 Å². The number of halogens is 2. The highest BCUT2D eigenvalue weighted by atomic mass is 127. The molecule has 3 aromatic rings. The van der Waals surface area contributed by atoms with Crippen LogP contribution in [-0.4, -0.2) is 58.3 Å². The summed E-state index contributed by atoms with van der Waals surface area (Å²) in [6, 6.07) is 17.9. The number of imide groups is 1. The smallest absolute Gasteiger partial charge is 0.325 e. The van der Waals surface area contributed by atoms with Crippen LogP contribution in [0.25, 0.3) is 0 Å². The summed E-state index contributed by atoms with van der Waals surface area (Å²) < 4.78 is 6.30. The fourth-order valence-corrected chi connectivity index (χ4v) is 5.19. The first-order chi connectivity index (χ1) is 18.7. The van der Waals surface area contributed by atoms with Gasteiger partial charge in [0.15, 0.2) is 0 Å². The van der Waals surface area contributed by atoms with Crippen LogP contribution in [0, 0.1) is 3.57 Å². The second-order valence-electron chi connectivity index (χ2n) is 9.06. The minimum Gasteiger partial charge on any atom is -0.491 e. The zero-order valence-electron chi connectivity index (χ0n) is 20.9. The Balaban J connectivity index is 1.60. The number of nitrogens with zero attached hydrogens (tertiary/aromatic N) is 1. The Hall–Kier alpha value is -3.19. The van der Waals surface area contributed by atoms with Crippen molar-refractivity contribution in [2.45, 2.75) is 31.0 Å². The minimum absolute atomic E-state index is 0.0958. The van der Waals surface area contributed by atoms with Crippen LogP contribution in [-0.2, 0) is 9.59 Å². The number of aliphatic hydroxyl groups is 2. The number of rotatable bonds is 10. The van der Waals surface area contributed by atoms with Crippen LogP contribution in [0.3, 0.4) is 0 Å². The van der Waals surface area contributed by atoms with Gasteiger partial charge < -0.3 is 25.6 Å². The number of urea groups is 1. The van der Waals surface area contributed by atoms with E-state index in [1.165, 1.54) is 0 Å². The SMILES string of the molecule is CC(c1ccccc1)C(C(=O)Nc1ccc(I)cc1Cl)N1C(=O)N[C@H](c2ccc(OC[C@H](O)CO)cc2)C1=O. The van der Waals surface area contributed by atoms with E-state index in [4.69, 9.17) is 21.4 Å². The monoisotopic (exact) mass is 663 g/mol. The Morgan fingerprint density at radius 3 is 2.46 bits per heavy atom. The number of amides is 4. The molecule has 1 heterocycles. The highest BCUT2D eigenvalue weighted by Gasteiger charge is 2.47. The number of carbonyl (C=O) groups excluding carboxylic acids is 3. The predicted octanol–water partition coefficient (Wildman–Crippen LogP) is 4.08. The third-order valence-electron chi connectivity index (χ3n) is 6.37. The van der Waals surface area contributed by atoms with E-state index < -0.39 is 48.6 Å². The maximum Gasteiger partial charge on any atom is 0.325 e. The second-order valence-corrected chi connectivity index (χ2v) is 10.7. The summed E-state index contributed by atoms with van der Waals surface area (Å²) in [6.45, 7) is 1.26. The van der Waals surface area contributed by atoms with Crippen LogP contribution in [0.5, 0.6) is 5.75 Å². The number of hydrogen-bond acceptors (Lipinski definition) is 6. The second kappa shape index (κ2) is 12.8. The lowest BCUT2D eigenvalue weighted by Gasteiger charge is -2.30. The number of aliphatic hydroxyl groups excluding tert-OH is 2. The van der Waals surface area contributed by atoms with Crippen molar-refractivity contribution in [3.05, 3.63) is 92.5 Å². The fourth-order valence-electron chi connectivity index (χ4n) is 4.29. The standard InChI is InChI=1S/C28H27ClIN3O6/c1-16(17-5-3-2-4-6-17)25(26(36)31-23-12-9-19(30)13-22(23)29)33-27(37)24(32-28(33)38)18-7-10-21(11-8-18)39-15-20(35)14-34/h2-13,16,20,24-25,34-35H,14-15H2,1H3,(H,31,36)(H,32,38)/t16?,20-,24-,25?/m1/s1. The molecule has 1 aliphatic heterocycles. The third-order valence-corrected chi connectivity index (χ3v) is 7.36. The van der Waals surface area contributed by atoms with E-state index >= 15 is 0 Å². The molecule has 0 aromatic heterocycles. The van der Waals surface area contributed by atoms with Gasteiger partial charge in [0, 0.05) is 9.49 Å². The van der Waals surface area contributed by atoms with Crippen LogP contribution >= 0.6 is 34.2 Å². The molecule has 4 atom stereocenters. The highest BCUT2D eigenvalue weighted by molar-refractivity contribution is 14.1. The topological polar surface area (TPSA) is 128 Å². The molecule has 4 rings (SSSR count). The van der Waals surface area contributed by atoms with Gasteiger partial charge in [0.2, 0.25) is 5.91 Å². The zero-order chi connectivity index (χ0) is 28.1. The molecule has 4 amide bonds. The van der Waals surface area contributed by atoms with Crippen LogP contribution in [0.15, 0.2) is 72.8 Å². The maximum absolute atomic E-state index is 13.7. The molecule has 1 saturated heterocycles. The first kappa shape index (κ1) is 28.8. The molecule has 0 spiro atoms. The average molecular weight is 664 g/mol. The highest BCUT2D eigenvalue weighted by Crippen LogP contribution is 2.32. The van der Waals surface area contributed by atoms with Crippen molar-refractivity contribution in [3.63, 3.8) is 0 Å². The fraction of sp³-hybridized carbons (Fsp3) is 0.250. The van der Waals surface area contributed by atoms with Gasteiger partial charge in [0.1, 0.15) is 30.5 Å². The lowest BCUT2D eigenvalue weighted by molar-refractivity contribution is -0.134. The average Bonchev–Trinajstić information content (AvgIpc) is 3.23. The summed E-state index contributed by atoms with van der Waals surface area (Å²) in [6.07, 6.45) is -1.02. The summed E-state index contributed by atoms with van der Waals surface area (Å²) in [7, 11) is 0. The molecular formula is C28H27ClIN3O6. The molecule has 3 aromatic carbocycles. The van der Waals surface area contributed by atoms with Gasteiger partial charge in [0.25, 0.3) is 5.91 Å². The summed E-state index contributed by atoms with van der Waals surface area (Å²) >= 11 is 8.45. The lowest BCUT2D eigenvalue weighted by atomic mass is 9.91. The van der Waals surface area contributed by atoms with Crippen LogP contribution in [0.1, 0.15) is 30.0 Å². The first-order valence-electron chi connectivity index (χ1n) is 12.2. The number of benzene rings is 3. The number of nitrogens with one attached hydrogen (secondary N) is 2. The Morgan fingerprint density at radius 2 is 1.82 bits per heavy atom. The van der Waals surface area contributed by atoms with E-state index in [2.05, 4.69) is 33.2 Å². The molecule has 9 nitrogen and oxygen atoms in total. The Labute approximate surface area is 244 Å². The van der Waals surface area contributed by atoms with Crippen molar-refractivity contribution in [1.82, 2.24) is 10.2 Å². The van der Waals surface area contributed by atoms with E-state index in [1.54, 1.807) is 49.4 Å². The first-order valence-corrected chi connectivity index (χ1v) is 13.6. The minimum atomic E-state index is -1.16. The number of anilines is 1. The largest absolute Gasteiger partial charge is 0.491 e. The van der Waals surface area contributed by atoms with Gasteiger partial charge in [-0.3, -0.25) is 9.59 Å². The molecule has 1 aliphatic rings. The summed E-state index contributed by atoms with van der Waals surface area (Å²) in [5, 5.41) is 24.2. The maximum atomic E-state index is 13.7.